The number of hydrogen-bond donors (Lipinski definition) is 2. The van der Waals surface area contributed by atoms with Crippen LogP contribution in [-0.2, 0) is 263 Å². The fourth-order valence-electron chi connectivity index (χ4n) is 9.61. The first-order valence-corrected chi connectivity index (χ1v) is 39.0. The van der Waals surface area contributed by atoms with Crippen molar-refractivity contribution >= 4 is 87.9 Å². The van der Waals surface area contributed by atoms with E-state index in [1.165, 1.54) is 85.5 Å². The maximum Gasteiger partial charge on any atom is 0.425 e. The summed E-state index contributed by atoms with van der Waals surface area (Å²) in [6.45, 7) is 2.10. The molecule has 0 amide bonds. The first kappa shape index (κ1) is 117. The van der Waals surface area contributed by atoms with E-state index in [2.05, 4.69) is 171 Å². The molecule has 0 spiro atoms. The molecule has 0 atom stereocenters. The van der Waals surface area contributed by atoms with E-state index in [0.717, 1.165) is 45.1 Å². The van der Waals surface area contributed by atoms with E-state index in [-0.39, 0.29) is 226 Å². The first-order chi connectivity index (χ1) is 52.4. The normalized spacial score (nSPS) is 9.43. The maximum absolute atomic E-state index is 11.2. The quantitative estimate of drug-likeness (QED) is 0.0815. The average Bonchev–Trinajstić information content (AvgIpc) is 0.823. The van der Waals surface area contributed by atoms with Crippen molar-refractivity contribution in [3.8, 4) is 33.4 Å². The largest absolute Gasteiger partial charge is 0.425 e. The van der Waals surface area contributed by atoms with Gasteiger partial charge in [0, 0.05) is 211 Å². The van der Waals surface area contributed by atoms with Crippen LogP contribution in [0.25, 0.3) is 33.4 Å². The summed E-state index contributed by atoms with van der Waals surface area (Å²) in [5, 5.41) is 2.19. The van der Waals surface area contributed by atoms with E-state index >= 15 is 0 Å². The number of hydrogen-bond acceptors (Lipinski definition) is 10. The second-order valence-electron chi connectivity index (χ2n) is 22.8. The smallest absolute Gasteiger partial charge is 0.358 e. The molecule has 0 aliphatic carbocycles. The standard InChI is InChI=1S/C13H10Cl2O3S.C13H10Cl2.C13H10O3S.C13H11.C13H10.2C12H8.CH4.CH3.2O3S.6Y/c14-11-4-1-9(2-5-11)7-10-3-6-12(15)13(8-10)19(16,17)18;14-12-5-1-10(2-6-12)9-11-3-7-13(15)8-4-11;14-17(15,16)13-8-4-7-12(10-13)9-11-5-2-1-3-6-11;1-11-7-9-13(10-8-11)12-5-3-2-4-6-12;1-3-7-12(8-4-1)11-13-9-5-2-6-10-13;2*1-3-7-11(8-4-1)12-9-5-2-6-10-12;;;2*1-4(2)3;;;;;;/h1-6,8H,7H2,(H,16,17,18);1-8H,9H2;2-7,10H,9H2,(H,14,15,16);3-10H,1H3;3-10H,11H2;2*3-10H;1H4;1H3;;;;;;;;/q;;-2;-1;3*-2;;-1;;;;;;;;. The van der Waals surface area contributed by atoms with E-state index in [1.807, 2.05) is 158 Å². The van der Waals surface area contributed by atoms with Crippen LogP contribution >= 0.6 is 46.4 Å². The van der Waals surface area contributed by atoms with E-state index in [1.54, 1.807) is 36.4 Å². The Labute approximate surface area is 864 Å². The minimum Gasteiger partial charge on any atom is -0.358 e. The van der Waals surface area contributed by atoms with Gasteiger partial charge in [-0.05, 0) is 114 Å². The molecule has 0 aliphatic heterocycles. The summed E-state index contributed by atoms with van der Waals surface area (Å²) in [6, 6.07) is 131. The molecule has 14 aromatic carbocycles. The second-order valence-corrected chi connectivity index (χ2v) is 28.1. The number of aryl methyl sites for hydroxylation is 1. The molecule has 590 valence electrons. The van der Waals surface area contributed by atoms with Crippen LogP contribution in [0.2, 0.25) is 20.1 Å². The molecule has 0 saturated heterocycles. The minimum absolute atomic E-state index is 0. The SMILES string of the molecule is C.Cc1ccc(-c2cc[c-]cc2)cc1.Clc1ccc(Cc2ccc(Cl)cc2)cc1.O=S(=O)(O)c1[c-]ccc(Cc2cc[c-]cc2)c1.O=S(=O)(O)c1cc(Cc2ccc(Cl)cc2)ccc1Cl.O=S(=O)=O.O=S(=O)=O.[CH3-].[Y].[Y].[Y].[Y].[Y].[Y].[c-]1ccc(-c2cc[c-]cc2)cc1.[c-]1ccc(-c2cc[c-]cc2)cc1.[c-]1ccc(Cc2cc[c-]cc2)cc1. The summed E-state index contributed by atoms with van der Waals surface area (Å²) in [4.78, 5) is -0.474. The molecule has 26 heteroatoms. The Balaban J connectivity index is -0.00000127. The van der Waals surface area contributed by atoms with Crippen molar-refractivity contribution in [3.63, 3.8) is 0 Å². The predicted octanol–water partition coefficient (Wildman–Crippen LogP) is 21.9. The second kappa shape index (κ2) is 66.5. The molecule has 0 unspecified atom stereocenters. The Bertz CT molecular complexity index is 5200. The summed E-state index contributed by atoms with van der Waals surface area (Å²) in [6.07, 6.45) is 3.03. The molecule has 0 bridgehead atoms. The van der Waals surface area contributed by atoms with Gasteiger partial charge in [-0.2, -0.15) is 322 Å². The molecule has 117 heavy (non-hydrogen) atoms. The summed E-state index contributed by atoms with van der Waals surface area (Å²) >= 11 is 23.2. The average molecular weight is 2160 g/mol. The van der Waals surface area contributed by atoms with E-state index < -0.39 is 41.5 Å². The topological polar surface area (TPSA) is 211 Å². The van der Waals surface area contributed by atoms with Gasteiger partial charge >= 0.3 is 21.2 Å². The van der Waals surface area contributed by atoms with Crippen LogP contribution < -0.4 is 0 Å². The van der Waals surface area contributed by atoms with Gasteiger partial charge in [-0.1, -0.05) is 126 Å². The molecule has 0 heterocycles. The number of halogens is 4. The van der Waals surface area contributed by atoms with Crippen molar-refractivity contribution < 1.29 is 247 Å². The van der Waals surface area contributed by atoms with Gasteiger partial charge < -0.3 is 7.43 Å². The van der Waals surface area contributed by atoms with Gasteiger partial charge in [0.2, 0.25) is 0 Å². The van der Waals surface area contributed by atoms with Crippen molar-refractivity contribution in [3.05, 3.63) is 460 Å². The fraction of sp³-hybridized carbons (Fsp3) is 0.0659. The van der Waals surface area contributed by atoms with Gasteiger partial charge in [0.05, 0.1) is 5.02 Å². The van der Waals surface area contributed by atoms with Crippen LogP contribution in [0.5, 0.6) is 0 Å². The summed E-state index contributed by atoms with van der Waals surface area (Å²) in [7, 11) is -14.7. The molecular formula is C91H74Cl4O12S4Y6-10. The van der Waals surface area contributed by atoms with E-state index in [4.69, 9.17) is 80.8 Å². The Morgan fingerprint density at radius 1 is 0.282 bits per heavy atom. The molecule has 12 nitrogen and oxygen atoms in total. The van der Waals surface area contributed by atoms with Gasteiger partial charge in [-0.25, -0.2) is 0 Å². The summed E-state index contributed by atoms with van der Waals surface area (Å²) in [5.74, 6) is 0. The Morgan fingerprint density at radius 2 is 0.487 bits per heavy atom. The Hall–Kier alpha value is -4.08. The van der Waals surface area contributed by atoms with Gasteiger partial charge in [0.1, 0.15) is 4.90 Å². The Kier molecular flexibility index (Phi) is 66.5. The molecule has 0 saturated carbocycles. The molecule has 14 rings (SSSR count). The summed E-state index contributed by atoms with van der Waals surface area (Å²) < 4.78 is 113. The fourth-order valence-corrected chi connectivity index (χ4v) is 11.5. The van der Waals surface area contributed by atoms with Crippen molar-refractivity contribution in [2.45, 2.75) is 49.8 Å². The van der Waals surface area contributed by atoms with Crippen LogP contribution in [0.1, 0.15) is 57.5 Å². The third kappa shape index (κ3) is 50.9. The molecule has 2 N–H and O–H groups in total. The van der Waals surface area contributed by atoms with Crippen LogP contribution in [0, 0.1) is 68.9 Å². The molecule has 0 aromatic heterocycles. The van der Waals surface area contributed by atoms with E-state index in [9.17, 15) is 16.8 Å². The molecule has 0 aliphatic rings. The van der Waals surface area contributed by atoms with Crippen LogP contribution in [0.4, 0.5) is 0 Å². The van der Waals surface area contributed by atoms with Crippen LogP contribution in [0.15, 0.2) is 337 Å². The van der Waals surface area contributed by atoms with Gasteiger partial charge in [-0.15, -0.1) is 36.9 Å². The zero-order chi connectivity index (χ0) is 78.7. The molecule has 14 aromatic rings. The predicted molar refractivity (Wildman–Crippen MR) is 445 cm³/mol. The molecular weight excluding hydrogens is 2090 g/mol. The third-order valence-electron chi connectivity index (χ3n) is 14.8. The molecule has 0 fully saturated rings. The first-order valence-electron chi connectivity index (χ1n) is 32.6. The van der Waals surface area contributed by atoms with Crippen molar-refractivity contribution in [2.24, 2.45) is 0 Å². The third-order valence-corrected chi connectivity index (χ3v) is 17.7. The monoisotopic (exact) mass is 2160 g/mol. The summed E-state index contributed by atoms with van der Waals surface area (Å²) in [5.41, 5.74) is 17.4. The van der Waals surface area contributed by atoms with Crippen LogP contribution in [0.3, 0.4) is 0 Å². The maximum atomic E-state index is 11.2. The van der Waals surface area contributed by atoms with E-state index in [0.29, 0.717) is 17.9 Å². The van der Waals surface area contributed by atoms with Crippen molar-refractivity contribution in [1.29, 1.82) is 0 Å². The number of benzene rings is 14. The molecule has 6 radical (unpaired) electrons. The minimum atomic E-state index is -4.31. The zero-order valence-electron chi connectivity index (χ0n) is 62.6. The van der Waals surface area contributed by atoms with Gasteiger partial charge in [0.15, 0.2) is 0 Å². The van der Waals surface area contributed by atoms with Gasteiger partial charge in [0.25, 0.3) is 20.2 Å². The number of rotatable bonds is 13. The van der Waals surface area contributed by atoms with Gasteiger partial charge in [-0.3, -0.25) is 9.11 Å². The Morgan fingerprint density at radius 3 is 0.735 bits per heavy atom. The van der Waals surface area contributed by atoms with Crippen molar-refractivity contribution in [2.75, 3.05) is 0 Å². The van der Waals surface area contributed by atoms with Crippen molar-refractivity contribution in [1.82, 2.24) is 0 Å². The van der Waals surface area contributed by atoms with Crippen LogP contribution in [-0.4, -0.2) is 51.2 Å². The zero-order valence-corrected chi connectivity index (χ0v) is 85.9.